The van der Waals surface area contributed by atoms with Gasteiger partial charge in [0.15, 0.2) is 6.17 Å². The second-order valence-electron chi connectivity index (χ2n) is 7.60. The van der Waals surface area contributed by atoms with Gasteiger partial charge in [-0.05, 0) is 41.7 Å². The van der Waals surface area contributed by atoms with Crippen LogP contribution >= 0.6 is 23.2 Å². The van der Waals surface area contributed by atoms with Crippen molar-refractivity contribution in [1.82, 2.24) is 5.32 Å². The van der Waals surface area contributed by atoms with Gasteiger partial charge in [-0.15, -0.1) is 0 Å². The van der Waals surface area contributed by atoms with Crippen molar-refractivity contribution < 1.29 is 14.0 Å². The molecule has 0 heterocycles. The van der Waals surface area contributed by atoms with Gasteiger partial charge in [0, 0.05) is 11.3 Å². The van der Waals surface area contributed by atoms with E-state index in [1.807, 2.05) is 13.8 Å². The zero-order chi connectivity index (χ0) is 21.2. The maximum atomic E-state index is 13.2. The summed E-state index contributed by atoms with van der Waals surface area (Å²) in [4.78, 5) is 25.9. The normalized spacial score (nSPS) is 20.3. The molecule has 1 fully saturated rings. The molecule has 0 saturated heterocycles. The summed E-state index contributed by atoms with van der Waals surface area (Å²) in [5.74, 6) is -1.46. The quantitative estimate of drug-likeness (QED) is 0.467. The second kappa shape index (κ2) is 8.56. The van der Waals surface area contributed by atoms with E-state index in [2.05, 4.69) is 10.6 Å². The van der Waals surface area contributed by atoms with Crippen molar-refractivity contribution in [3.8, 4) is 0 Å². The molecule has 1 saturated carbocycles. The highest BCUT2D eigenvalue weighted by Gasteiger charge is 2.60. The van der Waals surface area contributed by atoms with Gasteiger partial charge >= 0.3 is 0 Å². The SMILES string of the molecule is CC1(C)[C@@H](C=C(Cl)Cl)[C@@H]1C(=O)N[C@@H](Nc1ccc(F)cc1)C(=O)c1ccccc1. The molecule has 1 aliphatic rings. The predicted molar refractivity (Wildman–Crippen MR) is 113 cm³/mol. The van der Waals surface area contributed by atoms with Crippen LogP contribution in [0.25, 0.3) is 0 Å². The van der Waals surface area contributed by atoms with Gasteiger partial charge in [0.05, 0.1) is 5.92 Å². The maximum Gasteiger partial charge on any atom is 0.226 e. The van der Waals surface area contributed by atoms with E-state index in [0.717, 1.165) is 0 Å². The van der Waals surface area contributed by atoms with Crippen LogP contribution < -0.4 is 10.6 Å². The summed E-state index contributed by atoms with van der Waals surface area (Å²) >= 11 is 11.5. The molecule has 4 nitrogen and oxygen atoms in total. The lowest BCUT2D eigenvalue weighted by molar-refractivity contribution is -0.123. The Morgan fingerprint density at radius 3 is 2.28 bits per heavy atom. The molecule has 0 bridgehead atoms. The minimum absolute atomic E-state index is 0.111. The number of Topliss-reactive ketones (excluding diaryl/α,β-unsaturated/α-hetero) is 1. The molecule has 0 aliphatic heterocycles. The summed E-state index contributed by atoms with van der Waals surface area (Å²) in [5, 5.41) is 5.78. The fraction of sp³-hybridized carbons (Fsp3) is 0.273. The van der Waals surface area contributed by atoms with Crippen LogP contribution in [0.2, 0.25) is 0 Å². The summed E-state index contributed by atoms with van der Waals surface area (Å²) in [6.45, 7) is 3.88. The Balaban J connectivity index is 1.81. The van der Waals surface area contributed by atoms with Gasteiger partial charge in [0.25, 0.3) is 0 Å². The molecule has 0 aromatic heterocycles. The Bertz CT molecular complexity index is 926. The molecule has 2 aromatic carbocycles. The van der Waals surface area contributed by atoms with Crippen molar-refractivity contribution in [3.05, 3.63) is 76.5 Å². The van der Waals surface area contributed by atoms with Gasteiger partial charge < -0.3 is 10.6 Å². The lowest BCUT2D eigenvalue weighted by atomic mass is 10.1. The molecule has 2 N–H and O–H groups in total. The minimum atomic E-state index is -1.01. The van der Waals surface area contributed by atoms with Gasteiger partial charge in [-0.1, -0.05) is 67.4 Å². The Morgan fingerprint density at radius 2 is 1.69 bits per heavy atom. The average Bonchev–Trinajstić information content (AvgIpc) is 3.22. The Hall–Kier alpha value is -2.37. The van der Waals surface area contributed by atoms with Crippen molar-refractivity contribution in [2.45, 2.75) is 20.0 Å². The van der Waals surface area contributed by atoms with Crippen LogP contribution in [-0.4, -0.2) is 17.9 Å². The largest absolute Gasteiger partial charge is 0.359 e. The number of benzene rings is 2. The first-order valence-electron chi connectivity index (χ1n) is 9.14. The Morgan fingerprint density at radius 1 is 1.07 bits per heavy atom. The maximum absolute atomic E-state index is 13.2. The van der Waals surface area contributed by atoms with Crippen molar-refractivity contribution in [1.29, 1.82) is 0 Å². The first kappa shape index (κ1) is 21.3. The highest BCUT2D eigenvalue weighted by Crippen LogP contribution is 2.59. The Kier molecular flexibility index (Phi) is 6.30. The molecular weight excluding hydrogens is 414 g/mol. The van der Waals surface area contributed by atoms with Gasteiger partial charge in [0.1, 0.15) is 10.3 Å². The summed E-state index contributed by atoms with van der Waals surface area (Å²) in [5.41, 5.74) is 0.633. The molecule has 3 rings (SSSR count). The summed E-state index contributed by atoms with van der Waals surface area (Å²) in [6, 6.07) is 14.2. The fourth-order valence-electron chi connectivity index (χ4n) is 3.51. The second-order valence-corrected chi connectivity index (χ2v) is 8.61. The molecular formula is C22H21Cl2FN2O2. The van der Waals surface area contributed by atoms with E-state index in [-0.39, 0.29) is 33.4 Å². The fourth-order valence-corrected chi connectivity index (χ4v) is 3.78. The van der Waals surface area contributed by atoms with Crippen LogP contribution in [-0.2, 0) is 4.79 Å². The van der Waals surface area contributed by atoms with Crippen LogP contribution in [0, 0.1) is 23.1 Å². The van der Waals surface area contributed by atoms with E-state index in [1.54, 1.807) is 36.4 Å². The first-order valence-corrected chi connectivity index (χ1v) is 9.90. The number of allylic oxidation sites excluding steroid dienone is 1. The molecule has 0 spiro atoms. The van der Waals surface area contributed by atoms with Crippen molar-refractivity contribution in [2.24, 2.45) is 17.3 Å². The number of halogens is 3. The number of hydrogen-bond donors (Lipinski definition) is 2. The number of carbonyl (C=O) groups excluding carboxylic acids is 2. The molecule has 0 unspecified atom stereocenters. The monoisotopic (exact) mass is 434 g/mol. The Labute approximate surface area is 179 Å². The lowest BCUT2D eigenvalue weighted by Gasteiger charge is -2.21. The molecule has 2 aromatic rings. The summed E-state index contributed by atoms with van der Waals surface area (Å²) < 4.78 is 13.3. The molecule has 3 atom stereocenters. The number of nitrogens with one attached hydrogen (secondary N) is 2. The molecule has 152 valence electrons. The minimum Gasteiger partial charge on any atom is -0.359 e. The van der Waals surface area contributed by atoms with Gasteiger partial charge in [-0.25, -0.2) is 4.39 Å². The number of hydrogen-bond acceptors (Lipinski definition) is 3. The average molecular weight is 435 g/mol. The smallest absolute Gasteiger partial charge is 0.226 e. The zero-order valence-corrected chi connectivity index (χ0v) is 17.5. The van der Waals surface area contributed by atoms with E-state index >= 15 is 0 Å². The van der Waals surface area contributed by atoms with Crippen LogP contribution in [0.15, 0.2) is 65.2 Å². The molecule has 1 aliphatic carbocycles. The number of ketones is 1. The van der Waals surface area contributed by atoms with E-state index < -0.39 is 12.0 Å². The van der Waals surface area contributed by atoms with Crippen LogP contribution in [0.1, 0.15) is 24.2 Å². The number of rotatable bonds is 7. The highest BCUT2D eigenvalue weighted by molar-refractivity contribution is 6.55. The predicted octanol–water partition coefficient (Wildman–Crippen LogP) is 5.15. The summed E-state index contributed by atoms with van der Waals surface area (Å²) in [6.07, 6.45) is 0.636. The molecule has 7 heteroatoms. The van der Waals surface area contributed by atoms with Crippen LogP contribution in [0.3, 0.4) is 0 Å². The van der Waals surface area contributed by atoms with E-state index in [9.17, 15) is 14.0 Å². The van der Waals surface area contributed by atoms with Crippen molar-refractivity contribution in [3.63, 3.8) is 0 Å². The lowest BCUT2D eigenvalue weighted by Crippen LogP contribution is -2.47. The van der Waals surface area contributed by atoms with E-state index in [0.29, 0.717) is 11.3 Å². The molecule has 0 radical (unpaired) electrons. The third-order valence-corrected chi connectivity index (χ3v) is 5.51. The van der Waals surface area contributed by atoms with E-state index in [1.165, 1.54) is 24.3 Å². The third-order valence-electron chi connectivity index (χ3n) is 5.26. The van der Waals surface area contributed by atoms with Crippen molar-refractivity contribution >= 4 is 40.6 Å². The van der Waals surface area contributed by atoms with Gasteiger partial charge in [-0.2, -0.15) is 0 Å². The van der Waals surface area contributed by atoms with Crippen LogP contribution in [0.5, 0.6) is 0 Å². The van der Waals surface area contributed by atoms with Crippen molar-refractivity contribution in [2.75, 3.05) is 5.32 Å². The third kappa shape index (κ3) is 4.98. The highest BCUT2D eigenvalue weighted by atomic mass is 35.5. The summed E-state index contributed by atoms with van der Waals surface area (Å²) in [7, 11) is 0. The standard InChI is InChI=1S/C22H21Cl2FN2O2/c1-22(2)16(12-17(23)24)18(22)21(29)27-20(19(28)13-6-4-3-5-7-13)26-15-10-8-14(25)9-11-15/h3-12,16,18,20,26H,1-2H3,(H,27,29)/t16-,18+,20+/m0/s1. The van der Waals surface area contributed by atoms with E-state index in [4.69, 9.17) is 23.2 Å². The topological polar surface area (TPSA) is 58.2 Å². The number of carbonyl (C=O) groups is 2. The van der Waals surface area contributed by atoms with Gasteiger partial charge in [-0.3, -0.25) is 9.59 Å². The first-order chi connectivity index (χ1) is 13.7. The van der Waals surface area contributed by atoms with Crippen LogP contribution in [0.4, 0.5) is 10.1 Å². The van der Waals surface area contributed by atoms with Gasteiger partial charge in [0.2, 0.25) is 11.7 Å². The molecule has 1 amide bonds. The number of amides is 1. The number of anilines is 1. The zero-order valence-electron chi connectivity index (χ0n) is 16.0. The molecule has 29 heavy (non-hydrogen) atoms.